The lowest BCUT2D eigenvalue weighted by Gasteiger charge is -2.10. The summed E-state index contributed by atoms with van der Waals surface area (Å²) in [6.07, 6.45) is 2.99. The van der Waals surface area contributed by atoms with Crippen LogP contribution in [0.5, 0.6) is 0 Å². The van der Waals surface area contributed by atoms with Crippen molar-refractivity contribution in [2.45, 2.75) is 20.0 Å². The fourth-order valence-electron chi connectivity index (χ4n) is 3.07. The van der Waals surface area contributed by atoms with Crippen LogP contribution in [-0.2, 0) is 27.5 Å². The minimum absolute atomic E-state index is 0.193. The highest BCUT2D eigenvalue weighted by Gasteiger charge is 2.18. The van der Waals surface area contributed by atoms with Gasteiger partial charge in [-0.25, -0.2) is 0 Å². The molecule has 0 saturated heterocycles. The van der Waals surface area contributed by atoms with Gasteiger partial charge < -0.3 is 15.0 Å². The molecule has 1 amide bonds. The average Bonchev–Trinajstić information content (AvgIpc) is 3.16. The molecule has 1 N–H and O–H groups in total. The third kappa shape index (κ3) is 4.28. The van der Waals surface area contributed by atoms with Crippen molar-refractivity contribution in [3.05, 3.63) is 76.4 Å². The second-order valence-corrected chi connectivity index (χ2v) is 6.35. The first-order chi connectivity index (χ1) is 13.6. The predicted octanol–water partition coefficient (Wildman–Crippen LogP) is 3.32. The zero-order chi connectivity index (χ0) is 19.9. The molecule has 6 nitrogen and oxygen atoms in total. The van der Waals surface area contributed by atoms with Crippen molar-refractivity contribution < 1.29 is 14.5 Å². The molecule has 6 heteroatoms. The number of benzene rings is 2. The third-order valence-electron chi connectivity index (χ3n) is 4.55. The van der Waals surface area contributed by atoms with E-state index in [2.05, 4.69) is 33.8 Å². The first kappa shape index (κ1) is 19.4. The molecule has 144 valence electrons. The van der Waals surface area contributed by atoms with Gasteiger partial charge in [0.1, 0.15) is 13.7 Å². The first-order valence-corrected chi connectivity index (χ1v) is 9.01. The van der Waals surface area contributed by atoms with E-state index < -0.39 is 0 Å². The number of oxime groups is 2. The standard InChI is InChI=1S/C22H23N3O3/c1-15(19-12-16-8-4-5-9-17(16)13-19)24-28-14-18-10-6-7-11-20(18)21(25-27-3)22(26)23-2/h4-12H,13-14H2,1-3H3,(H,23,26)/b24-15+,25-21-. The maximum Gasteiger partial charge on any atom is 0.273 e. The van der Waals surface area contributed by atoms with Crippen LogP contribution in [0.2, 0.25) is 0 Å². The summed E-state index contributed by atoms with van der Waals surface area (Å²) in [6, 6.07) is 15.7. The fourth-order valence-corrected chi connectivity index (χ4v) is 3.07. The van der Waals surface area contributed by atoms with Crippen LogP contribution in [-0.4, -0.2) is 31.5 Å². The predicted molar refractivity (Wildman–Crippen MR) is 110 cm³/mol. The molecule has 0 heterocycles. The number of hydrogen-bond acceptors (Lipinski definition) is 5. The zero-order valence-corrected chi connectivity index (χ0v) is 16.2. The monoisotopic (exact) mass is 377 g/mol. The molecule has 2 aromatic carbocycles. The van der Waals surface area contributed by atoms with Crippen LogP contribution in [0.25, 0.3) is 6.08 Å². The van der Waals surface area contributed by atoms with E-state index in [4.69, 9.17) is 9.68 Å². The fraction of sp³-hybridized carbons (Fsp3) is 0.227. The van der Waals surface area contributed by atoms with Gasteiger partial charge >= 0.3 is 0 Å². The summed E-state index contributed by atoms with van der Waals surface area (Å²) < 4.78 is 0. The van der Waals surface area contributed by atoms with E-state index in [1.807, 2.05) is 37.3 Å². The summed E-state index contributed by atoms with van der Waals surface area (Å²) in [6.45, 7) is 2.15. The van der Waals surface area contributed by atoms with Crippen LogP contribution in [0.1, 0.15) is 29.2 Å². The number of carbonyl (C=O) groups excluding carboxylic acids is 1. The molecule has 0 fully saturated rings. The van der Waals surface area contributed by atoms with Gasteiger partial charge in [-0.3, -0.25) is 4.79 Å². The molecule has 0 bridgehead atoms. The Morgan fingerprint density at radius 3 is 2.61 bits per heavy atom. The molecular weight excluding hydrogens is 354 g/mol. The van der Waals surface area contributed by atoms with Crippen LogP contribution in [0.3, 0.4) is 0 Å². The summed E-state index contributed by atoms with van der Waals surface area (Å²) in [4.78, 5) is 22.5. The molecule has 0 aliphatic heterocycles. The van der Waals surface area contributed by atoms with Gasteiger partial charge in [-0.2, -0.15) is 0 Å². The molecule has 0 aromatic heterocycles. The van der Waals surface area contributed by atoms with E-state index in [0.717, 1.165) is 23.3 Å². The molecule has 0 saturated carbocycles. The number of nitrogens with one attached hydrogen (secondary N) is 1. The van der Waals surface area contributed by atoms with Crippen molar-refractivity contribution in [1.29, 1.82) is 0 Å². The molecule has 2 aromatic rings. The van der Waals surface area contributed by atoms with Crippen molar-refractivity contribution >= 4 is 23.4 Å². The number of allylic oxidation sites excluding steroid dienone is 1. The van der Waals surface area contributed by atoms with Crippen LogP contribution >= 0.6 is 0 Å². The molecule has 0 unspecified atom stereocenters. The van der Waals surface area contributed by atoms with Gasteiger partial charge in [0, 0.05) is 18.2 Å². The molecular formula is C22H23N3O3. The van der Waals surface area contributed by atoms with E-state index in [-0.39, 0.29) is 18.2 Å². The number of likely N-dealkylation sites (N-methyl/N-ethyl adjacent to an activating group) is 1. The van der Waals surface area contributed by atoms with Gasteiger partial charge in [0.2, 0.25) is 0 Å². The summed E-state index contributed by atoms with van der Waals surface area (Å²) in [5.41, 5.74) is 6.13. The minimum Gasteiger partial charge on any atom is -0.398 e. The van der Waals surface area contributed by atoms with Gasteiger partial charge in [-0.05, 0) is 36.1 Å². The van der Waals surface area contributed by atoms with E-state index in [0.29, 0.717) is 5.56 Å². The normalized spacial score (nSPS) is 13.6. The Morgan fingerprint density at radius 2 is 1.86 bits per heavy atom. The Hall–Kier alpha value is -3.41. The third-order valence-corrected chi connectivity index (χ3v) is 4.55. The van der Waals surface area contributed by atoms with E-state index in [1.165, 1.54) is 18.2 Å². The highest BCUT2D eigenvalue weighted by molar-refractivity contribution is 6.45. The first-order valence-electron chi connectivity index (χ1n) is 9.01. The smallest absolute Gasteiger partial charge is 0.273 e. The van der Waals surface area contributed by atoms with Gasteiger partial charge in [0.15, 0.2) is 5.71 Å². The molecule has 3 rings (SSSR count). The zero-order valence-electron chi connectivity index (χ0n) is 16.2. The van der Waals surface area contributed by atoms with Crippen LogP contribution in [0.15, 0.2) is 64.4 Å². The van der Waals surface area contributed by atoms with E-state index in [9.17, 15) is 4.79 Å². The summed E-state index contributed by atoms with van der Waals surface area (Å²) in [5.74, 6) is -0.331. The highest BCUT2D eigenvalue weighted by atomic mass is 16.6. The average molecular weight is 377 g/mol. The lowest BCUT2D eigenvalue weighted by atomic mass is 10.0. The number of hydrogen-bond donors (Lipinski definition) is 1. The Morgan fingerprint density at radius 1 is 1.11 bits per heavy atom. The topological polar surface area (TPSA) is 72.3 Å². The second-order valence-electron chi connectivity index (χ2n) is 6.35. The quantitative estimate of drug-likeness (QED) is 0.594. The summed E-state index contributed by atoms with van der Waals surface area (Å²) >= 11 is 0. The lowest BCUT2D eigenvalue weighted by molar-refractivity contribution is -0.114. The lowest BCUT2D eigenvalue weighted by Crippen LogP contribution is -2.29. The number of amides is 1. The molecule has 0 atom stereocenters. The number of nitrogens with zero attached hydrogens (tertiary/aromatic N) is 2. The molecule has 0 radical (unpaired) electrons. The number of fused-ring (bicyclic) bond motifs is 1. The van der Waals surface area contributed by atoms with E-state index >= 15 is 0 Å². The SMILES string of the molecule is CNC(=O)/C(=N\OC)c1ccccc1CO/N=C(\C)C1=Cc2ccccc2C1. The molecule has 0 spiro atoms. The summed E-state index contributed by atoms with van der Waals surface area (Å²) in [7, 11) is 2.96. The maximum atomic E-state index is 12.1. The molecule has 1 aliphatic carbocycles. The van der Waals surface area contributed by atoms with Crippen molar-refractivity contribution in [2.24, 2.45) is 10.3 Å². The Kier molecular flexibility index (Phi) is 6.22. The Bertz CT molecular complexity index is 961. The maximum absolute atomic E-state index is 12.1. The van der Waals surface area contributed by atoms with Gasteiger partial charge in [0.25, 0.3) is 5.91 Å². The van der Waals surface area contributed by atoms with Crippen molar-refractivity contribution in [1.82, 2.24) is 5.32 Å². The van der Waals surface area contributed by atoms with Crippen LogP contribution in [0.4, 0.5) is 0 Å². The Balaban J connectivity index is 1.73. The second kappa shape index (κ2) is 8.99. The molecule has 28 heavy (non-hydrogen) atoms. The van der Waals surface area contributed by atoms with Gasteiger partial charge in [-0.15, -0.1) is 0 Å². The molecule has 1 aliphatic rings. The highest BCUT2D eigenvalue weighted by Crippen LogP contribution is 2.25. The van der Waals surface area contributed by atoms with Crippen LogP contribution < -0.4 is 5.32 Å². The van der Waals surface area contributed by atoms with E-state index in [1.54, 1.807) is 13.1 Å². The van der Waals surface area contributed by atoms with Crippen molar-refractivity contribution in [3.63, 3.8) is 0 Å². The minimum atomic E-state index is -0.331. The Labute approximate surface area is 164 Å². The van der Waals surface area contributed by atoms with Gasteiger partial charge in [-0.1, -0.05) is 58.8 Å². The van der Waals surface area contributed by atoms with Crippen LogP contribution in [0, 0.1) is 0 Å². The van der Waals surface area contributed by atoms with Crippen molar-refractivity contribution in [3.8, 4) is 0 Å². The summed E-state index contributed by atoms with van der Waals surface area (Å²) in [5, 5.41) is 10.7. The van der Waals surface area contributed by atoms with Gasteiger partial charge in [0.05, 0.1) is 5.71 Å². The number of rotatable bonds is 7. The van der Waals surface area contributed by atoms with Crippen molar-refractivity contribution in [2.75, 3.05) is 14.2 Å². The number of carbonyl (C=O) groups is 1. The largest absolute Gasteiger partial charge is 0.398 e.